The first-order valence-electron chi connectivity index (χ1n) is 6.24. The Labute approximate surface area is 97.0 Å². The van der Waals surface area contributed by atoms with E-state index in [0.717, 1.165) is 17.7 Å². The molecule has 3 rings (SSSR count). The lowest BCUT2D eigenvalue weighted by molar-refractivity contribution is 0.379. The maximum absolute atomic E-state index is 5.17. The molecule has 0 aromatic heterocycles. The zero-order chi connectivity index (χ0) is 11.0. The van der Waals surface area contributed by atoms with Crippen molar-refractivity contribution >= 4 is 0 Å². The first-order chi connectivity index (χ1) is 7.85. The molecule has 0 radical (unpaired) electrons. The van der Waals surface area contributed by atoms with E-state index in [-0.39, 0.29) is 0 Å². The average molecular weight is 217 g/mol. The molecule has 1 saturated carbocycles. The SMILES string of the molecule is COc1ccc(CC2NC3CCC2C3)cc1. The molecule has 86 valence electrons. The van der Waals surface area contributed by atoms with E-state index in [1.165, 1.54) is 31.2 Å². The highest BCUT2D eigenvalue weighted by Crippen LogP contribution is 2.36. The Bertz CT molecular complexity index is 360. The van der Waals surface area contributed by atoms with Crippen LogP contribution in [0.15, 0.2) is 24.3 Å². The third kappa shape index (κ3) is 1.82. The zero-order valence-corrected chi connectivity index (χ0v) is 9.78. The molecule has 2 aliphatic rings. The molecule has 0 spiro atoms. The second-order valence-corrected chi connectivity index (χ2v) is 5.10. The van der Waals surface area contributed by atoms with Crippen molar-refractivity contribution in [2.45, 2.75) is 37.8 Å². The van der Waals surface area contributed by atoms with Gasteiger partial charge < -0.3 is 10.1 Å². The number of nitrogens with one attached hydrogen (secondary N) is 1. The Morgan fingerprint density at radius 3 is 2.62 bits per heavy atom. The minimum atomic E-state index is 0.715. The van der Waals surface area contributed by atoms with Crippen LogP contribution in [0.1, 0.15) is 24.8 Å². The molecule has 2 fully saturated rings. The summed E-state index contributed by atoms with van der Waals surface area (Å²) in [4.78, 5) is 0. The Hall–Kier alpha value is -1.02. The molecular weight excluding hydrogens is 198 g/mol. The average Bonchev–Trinajstić information content (AvgIpc) is 2.92. The third-order valence-corrected chi connectivity index (χ3v) is 4.11. The van der Waals surface area contributed by atoms with Crippen LogP contribution in [0.5, 0.6) is 5.75 Å². The van der Waals surface area contributed by atoms with Gasteiger partial charge in [0.15, 0.2) is 0 Å². The number of hydrogen-bond acceptors (Lipinski definition) is 2. The second kappa shape index (κ2) is 4.10. The predicted octanol–water partition coefficient (Wildman–Crippen LogP) is 2.38. The van der Waals surface area contributed by atoms with Gasteiger partial charge in [0.25, 0.3) is 0 Å². The molecule has 1 saturated heterocycles. The first-order valence-corrected chi connectivity index (χ1v) is 6.24. The Morgan fingerprint density at radius 2 is 2.06 bits per heavy atom. The Morgan fingerprint density at radius 1 is 1.25 bits per heavy atom. The van der Waals surface area contributed by atoms with E-state index in [1.54, 1.807) is 7.11 Å². The van der Waals surface area contributed by atoms with Gasteiger partial charge in [-0.1, -0.05) is 12.1 Å². The summed E-state index contributed by atoms with van der Waals surface area (Å²) in [5, 5.41) is 3.74. The first kappa shape index (κ1) is 10.2. The molecule has 1 aliphatic heterocycles. The summed E-state index contributed by atoms with van der Waals surface area (Å²) in [6.45, 7) is 0. The van der Waals surface area contributed by atoms with Crippen molar-refractivity contribution in [3.63, 3.8) is 0 Å². The highest BCUT2D eigenvalue weighted by Gasteiger charge is 2.38. The fraction of sp³-hybridized carbons (Fsp3) is 0.571. The zero-order valence-electron chi connectivity index (χ0n) is 9.78. The van der Waals surface area contributed by atoms with E-state index in [2.05, 4.69) is 29.6 Å². The summed E-state index contributed by atoms with van der Waals surface area (Å²) in [6.07, 6.45) is 5.40. The number of benzene rings is 1. The highest BCUT2D eigenvalue weighted by molar-refractivity contribution is 5.28. The molecule has 0 amide bonds. The summed E-state index contributed by atoms with van der Waals surface area (Å²) in [6, 6.07) is 10.0. The van der Waals surface area contributed by atoms with Crippen molar-refractivity contribution in [2.75, 3.05) is 7.11 Å². The molecule has 1 N–H and O–H groups in total. The smallest absolute Gasteiger partial charge is 0.118 e. The molecule has 1 heterocycles. The van der Waals surface area contributed by atoms with Gasteiger partial charge in [-0.3, -0.25) is 0 Å². The number of piperidine rings is 1. The lowest BCUT2D eigenvalue weighted by Gasteiger charge is -2.23. The van der Waals surface area contributed by atoms with Crippen LogP contribution in [-0.2, 0) is 6.42 Å². The number of ether oxygens (including phenoxy) is 1. The van der Waals surface area contributed by atoms with Crippen molar-refractivity contribution < 1.29 is 4.74 Å². The van der Waals surface area contributed by atoms with Gasteiger partial charge in [-0.05, 0) is 49.3 Å². The molecule has 16 heavy (non-hydrogen) atoms. The van der Waals surface area contributed by atoms with Gasteiger partial charge in [0.2, 0.25) is 0 Å². The molecule has 1 aromatic carbocycles. The summed E-state index contributed by atoms with van der Waals surface area (Å²) in [7, 11) is 1.71. The topological polar surface area (TPSA) is 21.3 Å². The Kier molecular flexibility index (Phi) is 2.60. The maximum Gasteiger partial charge on any atom is 0.118 e. The van der Waals surface area contributed by atoms with Crippen LogP contribution >= 0.6 is 0 Å². The fourth-order valence-electron chi connectivity index (χ4n) is 3.21. The number of hydrogen-bond donors (Lipinski definition) is 1. The van der Waals surface area contributed by atoms with Crippen LogP contribution in [0.25, 0.3) is 0 Å². The van der Waals surface area contributed by atoms with E-state index in [1.807, 2.05) is 0 Å². The van der Waals surface area contributed by atoms with E-state index >= 15 is 0 Å². The van der Waals surface area contributed by atoms with Gasteiger partial charge in [0.1, 0.15) is 5.75 Å². The van der Waals surface area contributed by atoms with Crippen molar-refractivity contribution in [1.29, 1.82) is 0 Å². The monoisotopic (exact) mass is 217 g/mol. The fourth-order valence-corrected chi connectivity index (χ4v) is 3.21. The predicted molar refractivity (Wildman–Crippen MR) is 64.8 cm³/mol. The lowest BCUT2D eigenvalue weighted by atomic mass is 9.94. The van der Waals surface area contributed by atoms with E-state index in [9.17, 15) is 0 Å². The quantitative estimate of drug-likeness (QED) is 0.839. The van der Waals surface area contributed by atoms with Crippen molar-refractivity contribution in [2.24, 2.45) is 5.92 Å². The third-order valence-electron chi connectivity index (χ3n) is 4.11. The van der Waals surface area contributed by atoms with Gasteiger partial charge in [-0.25, -0.2) is 0 Å². The molecule has 2 bridgehead atoms. The normalized spacial score (nSPS) is 31.9. The summed E-state index contributed by atoms with van der Waals surface area (Å²) < 4.78 is 5.17. The molecule has 2 nitrogen and oxygen atoms in total. The molecule has 3 unspecified atom stereocenters. The molecular formula is C14H19NO. The largest absolute Gasteiger partial charge is 0.497 e. The minimum absolute atomic E-state index is 0.715. The van der Waals surface area contributed by atoms with Crippen LogP contribution in [0.2, 0.25) is 0 Å². The van der Waals surface area contributed by atoms with Crippen molar-refractivity contribution in [3.8, 4) is 5.75 Å². The number of methoxy groups -OCH3 is 1. The van der Waals surface area contributed by atoms with Crippen LogP contribution < -0.4 is 10.1 Å². The van der Waals surface area contributed by atoms with Crippen molar-refractivity contribution in [1.82, 2.24) is 5.32 Å². The van der Waals surface area contributed by atoms with Crippen LogP contribution in [0.3, 0.4) is 0 Å². The van der Waals surface area contributed by atoms with E-state index in [0.29, 0.717) is 6.04 Å². The van der Waals surface area contributed by atoms with Crippen LogP contribution in [0, 0.1) is 5.92 Å². The second-order valence-electron chi connectivity index (χ2n) is 5.10. The summed E-state index contributed by atoms with van der Waals surface area (Å²) in [5.74, 6) is 1.87. The van der Waals surface area contributed by atoms with Crippen molar-refractivity contribution in [3.05, 3.63) is 29.8 Å². The van der Waals surface area contributed by atoms with Gasteiger partial charge >= 0.3 is 0 Å². The maximum atomic E-state index is 5.17. The standard InChI is InChI=1S/C14H19NO/c1-16-13-6-2-10(3-7-13)8-14-11-4-5-12(9-11)15-14/h2-3,6-7,11-12,14-15H,4-5,8-9H2,1H3. The minimum Gasteiger partial charge on any atom is -0.497 e. The van der Waals surface area contributed by atoms with Gasteiger partial charge in [0, 0.05) is 12.1 Å². The van der Waals surface area contributed by atoms with Gasteiger partial charge in [-0.15, -0.1) is 0 Å². The van der Waals surface area contributed by atoms with Crippen LogP contribution in [0.4, 0.5) is 0 Å². The number of fused-ring (bicyclic) bond motifs is 2. The van der Waals surface area contributed by atoms with Gasteiger partial charge in [0.05, 0.1) is 7.11 Å². The van der Waals surface area contributed by atoms with Gasteiger partial charge in [-0.2, -0.15) is 0 Å². The highest BCUT2D eigenvalue weighted by atomic mass is 16.5. The molecule has 1 aliphatic carbocycles. The lowest BCUT2D eigenvalue weighted by Crippen LogP contribution is -2.36. The van der Waals surface area contributed by atoms with Crippen LogP contribution in [-0.4, -0.2) is 19.2 Å². The molecule has 1 aromatic rings. The number of rotatable bonds is 3. The molecule has 2 heteroatoms. The Balaban J connectivity index is 1.65. The summed E-state index contributed by atoms with van der Waals surface area (Å²) in [5.41, 5.74) is 1.42. The van der Waals surface area contributed by atoms with E-state index in [4.69, 9.17) is 4.74 Å². The van der Waals surface area contributed by atoms with E-state index < -0.39 is 0 Å². The molecule has 3 atom stereocenters. The summed E-state index contributed by atoms with van der Waals surface area (Å²) >= 11 is 0.